The van der Waals surface area contributed by atoms with Crippen molar-refractivity contribution >= 4 is 11.8 Å². The summed E-state index contributed by atoms with van der Waals surface area (Å²) in [6.45, 7) is 2.52. The highest BCUT2D eigenvalue weighted by molar-refractivity contribution is 5.68. The van der Waals surface area contributed by atoms with Crippen molar-refractivity contribution in [3.05, 3.63) is 11.9 Å². The van der Waals surface area contributed by atoms with Crippen LogP contribution < -0.4 is 10.1 Å². The average Bonchev–Trinajstić information content (AvgIpc) is 2.46. The van der Waals surface area contributed by atoms with E-state index in [1.54, 1.807) is 7.11 Å². The van der Waals surface area contributed by atoms with E-state index in [4.69, 9.17) is 4.74 Å². The zero-order valence-corrected chi connectivity index (χ0v) is 12.7. The molecule has 0 radical (unpaired) electrons. The quantitative estimate of drug-likeness (QED) is 0.838. The lowest BCUT2D eigenvalue weighted by molar-refractivity contribution is -0.140. The first-order valence-electron chi connectivity index (χ1n) is 7.38. The molecule has 0 amide bonds. The van der Waals surface area contributed by atoms with Crippen molar-refractivity contribution in [3.8, 4) is 5.88 Å². The van der Waals surface area contributed by atoms with Gasteiger partial charge in [0, 0.05) is 6.54 Å². The second-order valence-electron chi connectivity index (χ2n) is 5.84. The molecule has 1 saturated carbocycles. The zero-order valence-electron chi connectivity index (χ0n) is 12.7. The van der Waals surface area contributed by atoms with Crippen LogP contribution in [-0.2, 0) is 4.79 Å². The van der Waals surface area contributed by atoms with Crippen LogP contribution >= 0.6 is 0 Å². The van der Waals surface area contributed by atoms with Gasteiger partial charge in [-0.05, 0) is 25.2 Å². The summed E-state index contributed by atoms with van der Waals surface area (Å²) in [7, 11) is 1.58. The maximum Gasteiger partial charge on any atom is 0.303 e. The molecule has 21 heavy (non-hydrogen) atoms. The molecule has 0 aliphatic heterocycles. The van der Waals surface area contributed by atoms with Crippen molar-refractivity contribution in [2.24, 2.45) is 5.41 Å². The molecule has 0 bridgehead atoms. The van der Waals surface area contributed by atoms with Crippen LogP contribution in [-0.4, -0.2) is 34.7 Å². The van der Waals surface area contributed by atoms with Gasteiger partial charge in [-0.3, -0.25) is 4.79 Å². The molecule has 116 valence electrons. The number of carboxylic acids is 1. The van der Waals surface area contributed by atoms with E-state index < -0.39 is 5.97 Å². The molecule has 2 N–H and O–H groups in total. The van der Waals surface area contributed by atoms with Crippen LogP contribution in [0.1, 0.15) is 44.1 Å². The Morgan fingerprint density at radius 1 is 1.38 bits per heavy atom. The normalized spacial score (nSPS) is 17.2. The number of aliphatic carboxylic acids is 1. The van der Waals surface area contributed by atoms with Crippen LogP contribution in [0, 0.1) is 12.3 Å². The van der Waals surface area contributed by atoms with Gasteiger partial charge >= 0.3 is 5.97 Å². The van der Waals surface area contributed by atoms with E-state index in [1.165, 1.54) is 12.7 Å². The van der Waals surface area contributed by atoms with Gasteiger partial charge in [0.05, 0.1) is 19.1 Å². The number of ether oxygens (including phenoxy) is 1. The van der Waals surface area contributed by atoms with Gasteiger partial charge in [0.25, 0.3) is 0 Å². The molecule has 1 aromatic rings. The van der Waals surface area contributed by atoms with E-state index in [0.29, 0.717) is 12.4 Å². The molecule has 0 atom stereocenters. The molecule has 1 aliphatic rings. The second kappa shape index (κ2) is 6.74. The molecule has 1 heterocycles. The highest BCUT2D eigenvalue weighted by Gasteiger charge is 2.34. The minimum absolute atomic E-state index is 0.172. The lowest BCUT2D eigenvalue weighted by Gasteiger charge is -2.36. The molecular weight excluding hydrogens is 270 g/mol. The number of nitrogens with one attached hydrogen (secondary N) is 1. The fourth-order valence-corrected chi connectivity index (χ4v) is 3.13. The predicted octanol–water partition coefficient (Wildman–Crippen LogP) is 2.63. The molecular formula is C15H23N3O3. The number of rotatable bonds is 6. The van der Waals surface area contributed by atoms with Crippen molar-refractivity contribution in [2.75, 3.05) is 19.0 Å². The molecule has 0 unspecified atom stereocenters. The standard InChI is InChI=1S/C15H23N3O3/c1-11-13(17-10-18-14(11)21-2)16-9-15(8-12(19)20)6-4-3-5-7-15/h10H,3-9H2,1-2H3,(H,19,20)(H,16,17,18). The summed E-state index contributed by atoms with van der Waals surface area (Å²) in [5, 5.41) is 12.5. The van der Waals surface area contributed by atoms with E-state index in [0.717, 1.165) is 37.1 Å². The number of hydrogen-bond acceptors (Lipinski definition) is 5. The second-order valence-corrected chi connectivity index (χ2v) is 5.84. The minimum Gasteiger partial charge on any atom is -0.481 e. The SMILES string of the molecule is COc1ncnc(NCC2(CC(=O)O)CCCCC2)c1C. The topological polar surface area (TPSA) is 84.3 Å². The number of carbonyl (C=O) groups is 1. The molecule has 1 aliphatic carbocycles. The number of aromatic nitrogens is 2. The highest BCUT2D eigenvalue weighted by Crippen LogP contribution is 2.39. The van der Waals surface area contributed by atoms with Crippen LogP contribution in [0.5, 0.6) is 5.88 Å². The molecule has 1 fully saturated rings. The maximum atomic E-state index is 11.2. The van der Waals surface area contributed by atoms with Gasteiger partial charge in [0.1, 0.15) is 12.1 Å². The van der Waals surface area contributed by atoms with E-state index >= 15 is 0 Å². The molecule has 6 heteroatoms. The van der Waals surface area contributed by atoms with Gasteiger partial charge in [-0.1, -0.05) is 19.3 Å². The summed E-state index contributed by atoms with van der Waals surface area (Å²) in [5.41, 5.74) is 0.676. The summed E-state index contributed by atoms with van der Waals surface area (Å²) < 4.78 is 5.18. The summed E-state index contributed by atoms with van der Waals surface area (Å²) in [5.74, 6) is 0.538. The van der Waals surface area contributed by atoms with Gasteiger partial charge in [-0.25, -0.2) is 9.97 Å². The number of anilines is 1. The van der Waals surface area contributed by atoms with Crippen LogP contribution in [0.25, 0.3) is 0 Å². The first-order valence-corrected chi connectivity index (χ1v) is 7.38. The van der Waals surface area contributed by atoms with Crippen molar-refractivity contribution in [3.63, 3.8) is 0 Å². The van der Waals surface area contributed by atoms with Crippen molar-refractivity contribution in [2.45, 2.75) is 45.4 Å². The third-order valence-electron chi connectivity index (χ3n) is 4.30. The Hall–Kier alpha value is -1.85. The third-order valence-corrected chi connectivity index (χ3v) is 4.30. The van der Waals surface area contributed by atoms with E-state index in [2.05, 4.69) is 15.3 Å². The average molecular weight is 293 g/mol. The van der Waals surface area contributed by atoms with Gasteiger partial charge in [-0.2, -0.15) is 0 Å². The lowest BCUT2D eigenvalue weighted by Crippen LogP contribution is -2.34. The zero-order chi connectivity index (χ0) is 15.3. The molecule has 2 rings (SSSR count). The fourth-order valence-electron chi connectivity index (χ4n) is 3.13. The Morgan fingerprint density at radius 3 is 2.71 bits per heavy atom. The van der Waals surface area contributed by atoms with Gasteiger partial charge in [-0.15, -0.1) is 0 Å². The highest BCUT2D eigenvalue weighted by atomic mass is 16.5. The number of hydrogen-bond donors (Lipinski definition) is 2. The Balaban J connectivity index is 2.09. The summed E-state index contributed by atoms with van der Waals surface area (Å²) in [6.07, 6.45) is 6.96. The smallest absolute Gasteiger partial charge is 0.303 e. The minimum atomic E-state index is -0.726. The Kier molecular flexibility index (Phi) is 4.98. The Morgan fingerprint density at radius 2 is 2.10 bits per heavy atom. The Labute approximate surface area is 124 Å². The molecule has 1 aromatic heterocycles. The number of carboxylic acid groups (broad SMARTS) is 1. The predicted molar refractivity (Wildman–Crippen MR) is 79.6 cm³/mol. The molecule has 0 saturated heterocycles. The van der Waals surface area contributed by atoms with E-state index in [9.17, 15) is 9.90 Å². The van der Waals surface area contributed by atoms with E-state index in [1.807, 2.05) is 6.92 Å². The summed E-state index contributed by atoms with van der Waals surface area (Å²) in [4.78, 5) is 19.5. The van der Waals surface area contributed by atoms with Crippen molar-refractivity contribution in [1.82, 2.24) is 9.97 Å². The van der Waals surface area contributed by atoms with Crippen molar-refractivity contribution < 1.29 is 14.6 Å². The largest absolute Gasteiger partial charge is 0.481 e. The lowest BCUT2D eigenvalue weighted by atomic mass is 9.71. The van der Waals surface area contributed by atoms with Crippen molar-refractivity contribution in [1.29, 1.82) is 0 Å². The number of nitrogens with zero attached hydrogens (tertiary/aromatic N) is 2. The van der Waals surface area contributed by atoms with Gasteiger partial charge in [0.2, 0.25) is 5.88 Å². The van der Waals surface area contributed by atoms with Crippen LogP contribution in [0.4, 0.5) is 5.82 Å². The molecule has 0 spiro atoms. The molecule has 0 aromatic carbocycles. The van der Waals surface area contributed by atoms with Crippen LogP contribution in [0.3, 0.4) is 0 Å². The summed E-state index contributed by atoms with van der Waals surface area (Å²) in [6, 6.07) is 0. The van der Waals surface area contributed by atoms with Gasteiger partial charge in [0.15, 0.2) is 0 Å². The van der Waals surface area contributed by atoms with Gasteiger partial charge < -0.3 is 15.2 Å². The monoisotopic (exact) mass is 293 g/mol. The first kappa shape index (κ1) is 15.5. The molecule has 6 nitrogen and oxygen atoms in total. The van der Waals surface area contributed by atoms with E-state index in [-0.39, 0.29) is 11.8 Å². The van der Waals surface area contributed by atoms with Crippen LogP contribution in [0.2, 0.25) is 0 Å². The first-order chi connectivity index (χ1) is 10.1. The maximum absolute atomic E-state index is 11.2. The Bertz CT molecular complexity index is 499. The summed E-state index contributed by atoms with van der Waals surface area (Å²) >= 11 is 0. The van der Waals surface area contributed by atoms with Crippen LogP contribution in [0.15, 0.2) is 6.33 Å². The fraction of sp³-hybridized carbons (Fsp3) is 0.667. The third kappa shape index (κ3) is 3.83. The number of methoxy groups -OCH3 is 1.